The highest BCUT2D eigenvalue weighted by Crippen LogP contribution is 2.31. The van der Waals surface area contributed by atoms with Crippen LogP contribution in [0.5, 0.6) is 0 Å². The summed E-state index contributed by atoms with van der Waals surface area (Å²) < 4.78 is 27.6. The summed E-state index contributed by atoms with van der Waals surface area (Å²) in [7, 11) is 0. The quantitative estimate of drug-likeness (QED) is 0.683. The molecule has 0 spiro atoms. The predicted molar refractivity (Wildman–Crippen MR) is 106 cm³/mol. The first-order chi connectivity index (χ1) is 13.7. The third kappa shape index (κ3) is 5.18. The Kier molecular flexibility index (Phi) is 6.31. The van der Waals surface area contributed by atoms with Crippen LogP contribution in [0, 0.1) is 0 Å². The molecule has 3 heterocycles. The topological polar surface area (TPSA) is 79.1 Å². The number of ether oxygens (including phenoxy) is 2. The van der Waals surface area contributed by atoms with Gasteiger partial charge in [0.2, 0.25) is 0 Å². The third-order valence-corrected chi connectivity index (χ3v) is 4.83. The van der Waals surface area contributed by atoms with Crippen molar-refractivity contribution >= 4 is 5.97 Å². The Labute approximate surface area is 170 Å². The minimum Gasteiger partial charge on any atom is -0.461 e. The highest BCUT2D eigenvalue weighted by atomic mass is 19.1. The number of nitrogens with zero attached hydrogens (tertiary/aromatic N) is 4. The zero-order valence-electron chi connectivity index (χ0n) is 17.6. The van der Waals surface area contributed by atoms with Crippen molar-refractivity contribution < 1.29 is 18.7 Å². The van der Waals surface area contributed by atoms with Crippen LogP contribution < -0.4 is 0 Å². The second kappa shape index (κ2) is 8.57. The van der Waals surface area contributed by atoms with Gasteiger partial charge in [-0.05, 0) is 6.42 Å². The van der Waals surface area contributed by atoms with Gasteiger partial charge in [-0.3, -0.25) is 4.98 Å². The van der Waals surface area contributed by atoms with Gasteiger partial charge in [0.05, 0.1) is 25.5 Å². The molecule has 29 heavy (non-hydrogen) atoms. The maximum atomic E-state index is 15.3. The fourth-order valence-corrected chi connectivity index (χ4v) is 3.32. The van der Waals surface area contributed by atoms with E-state index in [4.69, 9.17) is 14.5 Å². The molecule has 0 N–H and O–H groups in total. The molecule has 2 aromatic rings. The molecule has 1 aliphatic rings. The average Bonchev–Trinajstić information content (AvgIpc) is 3.10. The fourth-order valence-electron chi connectivity index (χ4n) is 3.32. The van der Waals surface area contributed by atoms with E-state index in [2.05, 4.69) is 9.97 Å². The van der Waals surface area contributed by atoms with Gasteiger partial charge in [0.1, 0.15) is 22.9 Å². The van der Waals surface area contributed by atoms with E-state index in [1.807, 2.05) is 32.3 Å². The molecule has 3 rings (SSSR count). The van der Waals surface area contributed by atoms with Crippen LogP contribution in [0.25, 0.3) is 11.4 Å². The molecule has 158 valence electrons. The number of hydrogen-bond donors (Lipinski definition) is 0. The van der Waals surface area contributed by atoms with Crippen LogP contribution in [-0.2, 0) is 21.4 Å². The standard InChI is InChI=1S/C21H29FN4O3/c1-5-8-29-18(27)16-12-23-11-15(24-16)17-13-26(19(25-17)20(2,3)4)14-21(22)6-9-28-10-7-21/h11-13H,5-10,14H2,1-4H3. The van der Waals surface area contributed by atoms with E-state index in [9.17, 15) is 4.79 Å². The van der Waals surface area contributed by atoms with Crippen LogP contribution in [-0.4, -0.2) is 51.0 Å². The van der Waals surface area contributed by atoms with Crippen molar-refractivity contribution in [3.63, 3.8) is 0 Å². The Morgan fingerprint density at radius 1 is 1.24 bits per heavy atom. The molecule has 0 aromatic carbocycles. The highest BCUT2D eigenvalue weighted by molar-refractivity contribution is 5.87. The lowest BCUT2D eigenvalue weighted by Crippen LogP contribution is -2.37. The minimum atomic E-state index is -1.33. The Balaban J connectivity index is 1.92. The molecule has 0 saturated carbocycles. The summed E-state index contributed by atoms with van der Waals surface area (Å²) in [5, 5.41) is 0. The minimum absolute atomic E-state index is 0.134. The van der Waals surface area contributed by atoms with Crippen molar-refractivity contribution in [1.29, 1.82) is 0 Å². The summed E-state index contributed by atoms with van der Waals surface area (Å²) in [6, 6.07) is 0. The number of hydrogen-bond acceptors (Lipinski definition) is 6. The molecule has 7 nitrogen and oxygen atoms in total. The largest absolute Gasteiger partial charge is 0.461 e. The van der Waals surface area contributed by atoms with E-state index in [1.165, 1.54) is 6.20 Å². The van der Waals surface area contributed by atoms with Crippen molar-refractivity contribution in [1.82, 2.24) is 19.5 Å². The van der Waals surface area contributed by atoms with Crippen LogP contribution in [0.15, 0.2) is 18.6 Å². The first kappa shape index (κ1) is 21.4. The van der Waals surface area contributed by atoms with Crippen molar-refractivity contribution in [2.24, 2.45) is 0 Å². The van der Waals surface area contributed by atoms with E-state index in [0.29, 0.717) is 44.1 Å². The molecule has 0 amide bonds. The van der Waals surface area contributed by atoms with Gasteiger partial charge in [0.15, 0.2) is 5.69 Å². The maximum absolute atomic E-state index is 15.3. The van der Waals surface area contributed by atoms with Crippen molar-refractivity contribution in [3.05, 3.63) is 30.1 Å². The molecule has 0 bridgehead atoms. The average molecular weight is 404 g/mol. The highest BCUT2D eigenvalue weighted by Gasteiger charge is 2.35. The van der Waals surface area contributed by atoms with Crippen molar-refractivity contribution in [2.45, 2.75) is 64.6 Å². The van der Waals surface area contributed by atoms with E-state index in [1.54, 1.807) is 12.4 Å². The Morgan fingerprint density at radius 3 is 2.62 bits per heavy atom. The van der Waals surface area contributed by atoms with E-state index >= 15 is 4.39 Å². The number of imidazole rings is 1. The van der Waals surface area contributed by atoms with Crippen molar-refractivity contribution in [3.8, 4) is 11.4 Å². The van der Waals surface area contributed by atoms with Gasteiger partial charge in [-0.2, -0.15) is 0 Å². The van der Waals surface area contributed by atoms with Crippen LogP contribution in [0.3, 0.4) is 0 Å². The van der Waals surface area contributed by atoms with Gasteiger partial charge in [-0.15, -0.1) is 0 Å². The normalized spacial score (nSPS) is 16.6. The number of rotatable bonds is 6. The summed E-state index contributed by atoms with van der Waals surface area (Å²) >= 11 is 0. The fraction of sp³-hybridized carbons (Fsp3) is 0.619. The Bertz CT molecular complexity index is 854. The first-order valence-corrected chi connectivity index (χ1v) is 10.1. The van der Waals surface area contributed by atoms with Gasteiger partial charge >= 0.3 is 5.97 Å². The van der Waals surface area contributed by atoms with E-state index in [-0.39, 0.29) is 17.7 Å². The number of carbonyl (C=O) groups excluding carboxylic acids is 1. The Hall–Kier alpha value is -2.35. The molecule has 0 atom stereocenters. The third-order valence-electron chi connectivity index (χ3n) is 4.83. The lowest BCUT2D eigenvalue weighted by Gasteiger charge is -2.31. The summed E-state index contributed by atoms with van der Waals surface area (Å²) in [6.45, 7) is 9.42. The smallest absolute Gasteiger partial charge is 0.358 e. The van der Waals surface area contributed by atoms with Crippen LogP contribution >= 0.6 is 0 Å². The summed E-state index contributed by atoms with van der Waals surface area (Å²) in [4.78, 5) is 25.3. The van der Waals surface area contributed by atoms with Gasteiger partial charge in [0.25, 0.3) is 0 Å². The molecule has 1 saturated heterocycles. The van der Waals surface area contributed by atoms with Crippen LogP contribution in [0.1, 0.15) is 63.3 Å². The monoisotopic (exact) mass is 404 g/mol. The summed E-state index contributed by atoms with van der Waals surface area (Å²) in [5.41, 5.74) is -0.462. The molecule has 8 heteroatoms. The van der Waals surface area contributed by atoms with Crippen molar-refractivity contribution in [2.75, 3.05) is 19.8 Å². The molecule has 0 aliphatic carbocycles. The molecule has 2 aromatic heterocycles. The summed E-state index contributed by atoms with van der Waals surface area (Å²) in [6.07, 6.45) is 6.18. The second-order valence-electron chi connectivity index (χ2n) is 8.52. The molecule has 1 aliphatic heterocycles. The molecule has 1 fully saturated rings. The SMILES string of the molecule is CCCOC(=O)c1cncc(-c2cn(CC3(F)CCOCC3)c(C(C)(C)C)n2)n1. The number of aromatic nitrogens is 4. The lowest BCUT2D eigenvalue weighted by molar-refractivity contribution is -0.0184. The second-order valence-corrected chi connectivity index (χ2v) is 8.52. The van der Waals surface area contributed by atoms with E-state index in [0.717, 1.165) is 12.2 Å². The number of esters is 1. The Morgan fingerprint density at radius 2 is 1.97 bits per heavy atom. The predicted octanol–water partition coefficient (Wildman–Crippen LogP) is 3.72. The molecule has 0 radical (unpaired) electrons. The molecular weight excluding hydrogens is 375 g/mol. The van der Waals surface area contributed by atoms with Gasteiger partial charge in [-0.1, -0.05) is 27.7 Å². The lowest BCUT2D eigenvalue weighted by atomic mass is 9.93. The van der Waals surface area contributed by atoms with Gasteiger partial charge in [0, 0.05) is 37.7 Å². The summed E-state index contributed by atoms with van der Waals surface area (Å²) in [5.74, 6) is 0.248. The zero-order chi connectivity index (χ0) is 21.1. The van der Waals surface area contributed by atoms with E-state index < -0.39 is 11.6 Å². The van der Waals surface area contributed by atoms with Crippen LogP contribution in [0.2, 0.25) is 0 Å². The number of halogens is 1. The molecule has 0 unspecified atom stereocenters. The van der Waals surface area contributed by atoms with Gasteiger partial charge < -0.3 is 14.0 Å². The number of alkyl halides is 1. The van der Waals surface area contributed by atoms with Gasteiger partial charge in [-0.25, -0.2) is 19.2 Å². The molecular formula is C21H29FN4O3. The first-order valence-electron chi connectivity index (χ1n) is 10.1. The van der Waals surface area contributed by atoms with Crippen LogP contribution in [0.4, 0.5) is 4.39 Å². The number of carbonyl (C=O) groups is 1. The maximum Gasteiger partial charge on any atom is 0.358 e. The zero-order valence-corrected chi connectivity index (χ0v) is 17.6.